The lowest BCUT2D eigenvalue weighted by atomic mass is 10.2. The van der Waals surface area contributed by atoms with E-state index in [9.17, 15) is 13.2 Å². The predicted octanol–water partition coefficient (Wildman–Crippen LogP) is 3.82. The molecule has 0 unspecified atom stereocenters. The van der Waals surface area contributed by atoms with E-state index < -0.39 is 17.9 Å². The third-order valence-corrected chi connectivity index (χ3v) is 2.39. The zero-order valence-corrected chi connectivity index (χ0v) is 9.37. The SMILES string of the molecule is Fc1c(CBr)cc(Br)nc1C(F)F. The Bertz CT molecular complexity index is 317. The second kappa shape index (κ2) is 4.41. The van der Waals surface area contributed by atoms with Crippen LogP contribution in [0.25, 0.3) is 0 Å². The van der Waals surface area contributed by atoms with E-state index in [0.29, 0.717) is 0 Å². The van der Waals surface area contributed by atoms with E-state index in [1.54, 1.807) is 0 Å². The molecule has 1 aromatic heterocycles. The summed E-state index contributed by atoms with van der Waals surface area (Å²) >= 11 is 5.92. The fourth-order valence-electron chi connectivity index (χ4n) is 0.810. The molecule has 0 saturated carbocycles. The standard InChI is InChI=1S/C7H4Br2F3N/c8-2-3-1-4(9)13-6(5(3)10)7(11)12/h1,7H,2H2. The Balaban J connectivity index is 3.27. The lowest BCUT2D eigenvalue weighted by Crippen LogP contribution is -2.00. The van der Waals surface area contributed by atoms with Crippen molar-refractivity contribution in [3.8, 4) is 0 Å². The smallest absolute Gasteiger partial charge is 0.237 e. The second-order valence-electron chi connectivity index (χ2n) is 2.24. The molecule has 0 aromatic carbocycles. The van der Waals surface area contributed by atoms with E-state index in [2.05, 4.69) is 36.8 Å². The molecule has 0 atom stereocenters. The zero-order valence-electron chi connectivity index (χ0n) is 6.20. The van der Waals surface area contributed by atoms with Gasteiger partial charge in [-0.05, 0) is 22.0 Å². The van der Waals surface area contributed by atoms with Crippen LogP contribution in [0.5, 0.6) is 0 Å². The zero-order chi connectivity index (χ0) is 10.0. The molecule has 0 spiro atoms. The maximum Gasteiger partial charge on any atom is 0.283 e. The fourth-order valence-corrected chi connectivity index (χ4v) is 1.69. The molecule has 1 aromatic rings. The molecule has 72 valence electrons. The van der Waals surface area contributed by atoms with Gasteiger partial charge >= 0.3 is 0 Å². The third-order valence-electron chi connectivity index (χ3n) is 1.38. The molecule has 1 rings (SSSR count). The Labute approximate surface area is 89.6 Å². The van der Waals surface area contributed by atoms with Gasteiger partial charge in [-0.1, -0.05) is 15.9 Å². The average Bonchev–Trinajstić information content (AvgIpc) is 2.08. The van der Waals surface area contributed by atoms with Crippen LogP contribution < -0.4 is 0 Å². The maximum absolute atomic E-state index is 13.1. The van der Waals surface area contributed by atoms with Crippen molar-refractivity contribution in [2.24, 2.45) is 0 Å². The van der Waals surface area contributed by atoms with Gasteiger partial charge in [0.2, 0.25) is 0 Å². The molecular weight excluding hydrogens is 315 g/mol. The Kier molecular flexibility index (Phi) is 3.73. The number of pyridine rings is 1. The summed E-state index contributed by atoms with van der Waals surface area (Å²) in [5.41, 5.74) is -0.652. The number of alkyl halides is 3. The van der Waals surface area contributed by atoms with Gasteiger partial charge in [0.05, 0.1) is 0 Å². The predicted molar refractivity (Wildman–Crippen MR) is 49.5 cm³/mol. The van der Waals surface area contributed by atoms with Crippen molar-refractivity contribution in [3.05, 3.63) is 27.7 Å². The van der Waals surface area contributed by atoms with Crippen LogP contribution in [0.4, 0.5) is 13.2 Å². The normalized spacial score (nSPS) is 10.9. The molecule has 0 aliphatic carbocycles. The van der Waals surface area contributed by atoms with Gasteiger partial charge in [-0.15, -0.1) is 0 Å². The van der Waals surface area contributed by atoms with Crippen LogP contribution in [0.2, 0.25) is 0 Å². The largest absolute Gasteiger partial charge is 0.283 e. The minimum absolute atomic E-state index is 0.164. The maximum atomic E-state index is 13.1. The summed E-state index contributed by atoms with van der Waals surface area (Å²) in [7, 11) is 0. The van der Waals surface area contributed by atoms with Gasteiger partial charge in [0.15, 0.2) is 5.82 Å². The summed E-state index contributed by atoms with van der Waals surface area (Å²) in [6.07, 6.45) is -2.89. The van der Waals surface area contributed by atoms with Crippen LogP contribution in [0, 0.1) is 5.82 Å². The highest BCUT2D eigenvalue weighted by molar-refractivity contribution is 9.10. The van der Waals surface area contributed by atoms with Crippen molar-refractivity contribution < 1.29 is 13.2 Å². The highest BCUT2D eigenvalue weighted by Crippen LogP contribution is 2.25. The van der Waals surface area contributed by atoms with Gasteiger partial charge in [0.25, 0.3) is 6.43 Å². The summed E-state index contributed by atoms with van der Waals surface area (Å²) in [6.45, 7) is 0. The van der Waals surface area contributed by atoms with Gasteiger partial charge in [0, 0.05) is 10.9 Å². The topological polar surface area (TPSA) is 12.9 Å². The van der Waals surface area contributed by atoms with E-state index >= 15 is 0 Å². The van der Waals surface area contributed by atoms with Gasteiger partial charge < -0.3 is 0 Å². The molecule has 0 fully saturated rings. The molecule has 6 heteroatoms. The van der Waals surface area contributed by atoms with Crippen LogP contribution in [-0.2, 0) is 5.33 Å². The first kappa shape index (κ1) is 11.0. The van der Waals surface area contributed by atoms with Crippen LogP contribution >= 0.6 is 31.9 Å². The molecule has 0 amide bonds. The molecule has 1 heterocycles. The van der Waals surface area contributed by atoms with Crippen LogP contribution in [0.15, 0.2) is 10.7 Å². The summed E-state index contributed by atoms with van der Waals surface area (Å²) < 4.78 is 37.7. The van der Waals surface area contributed by atoms with Gasteiger partial charge in [-0.2, -0.15) is 0 Å². The first-order valence-corrected chi connectivity index (χ1v) is 5.16. The molecule has 0 aliphatic heterocycles. The number of aromatic nitrogens is 1. The minimum atomic E-state index is -2.89. The lowest BCUT2D eigenvalue weighted by Gasteiger charge is -2.05. The van der Waals surface area contributed by atoms with Crippen LogP contribution in [0.1, 0.15) is 17.7 Å². The molecule has 0 radical (unpaired) electrons. The van der Waals surface area contributed by atoms with Crippen molar-refractivity contribution in [2.45, 2.75) is 11.8 Å². The molecule has 1 nitrogen and oxygen atoms in total. The number of nitrogens with zero attached hydrogens (tertiary/aromatic N) is 1. The van der Waals surface area contributed by atoms with E-state index in [1.807, 2.05) is 0 Å². The van der Waals surface area contributed by atoms with E-state index in [-0.39, 0.29) is 15.5 Å². The Morgan fingerprint density at radius 3 is 2.54 bits per heavy atom. The van der Waals surface area contributed by atoms with Crippen molar-refractivity contribution >= 4 is 31.9 Å². The van der Waals surface area contributed by atoms with E-state index in [1.165, 1.54) is 6.07 Å². The number of rotatable bonds is 2. The third kappa shape index (κ3) is 2.43. The van der Waals surface area contributed by atoms with E-state index in [0.717, 1.165) is 0 Å². The Morgan fingerprint density at radius 2 is 2.08 bits per heavy atom. The monoisotopic (exact) mass is 317 g/mol. The lowest BCUT2D eigenvalue weighted by molar-refractivity contribution is 0.140. The summed E-state index contributed by atoms with van der Waals surface area (Å²) in [5.74, 6) is -0.949. The summed E-state index contributed by atoms with van der Waals surface area (Å²) in [5, 5.41) is 0.180. The first-order chi connectivity index (χ1) is 6.06. The summed E-state index contributed by atoms with van der Waals surface area (Å²) in [4.78, 5) is 3.35. The molecule has 0 bridgehead atoms. The summed E-state index contributed by atoms with van der Waals surface area (Å²) in [6, 6.07) is 1.36. The Hall–Kier alpha value is -0.100. The van der Waals surface area contributed by atoms with Gasteiger partial charge in [-0.3, -0.25) is 0 Å². The highest BCUT2D eigenvalue weighted by Gasteiger charge is 2.18. The van der Waals surface area contributed by atoms with Crippen LogP contribution in [-0.4, -0.2) is 4.98 Å². The number of halogens is 5. The highest BCUT2D eigenvalue weighted by atomic mass is 79.9. The quantitative estimate of drug-likeness (QED) is 0.597. The van der Waals surface area contributed by atoms with Crippen molar-refractivity contribution in [1.29, 1.82) is 0 Å². The van der Waals surface area contributed by atoms with Crippen LogP contribution in [0.3, 0.4) is 0 Å². The number of hydrogen-bond acceptors (Lipinski definition) is 1. The molecule has 0 N–H and O–H groups in total. The van der Waals surface area contributed by atoms with Gasteiger partial charge in [0.1, 0.15) is 10.3 Å². The fraction of sp³-hybridized carbons (Fsp3) is 0.286. The van der Waals surface area contributed by atoms with E-state index in [4.69, 9.17) is 0 Å². The van der Waals surface area contributed by atoms with Gasteiger partial charge in [-0.25, -0.2) is 18.2 Å². The van der Waals surface area contributed by atoms with Crippen molar-refractivity contribution in [2.75, 3.05) is 0 Å². The van der Waals surface area contributed by atoms with Crippen molar-refractivity contribution in [1.82, 2.24) is 4.98 Å². The number of hydrogen-bond donors (Lipinski definition) is 0. The Morgan fingerprint density at radius 1 is 1.46 bits per heavy atom. The molecule has 13 heavy (non-hydrogen) atoms. The molecular formula is C7H4Br2F3N. The average molecular weight is 319 g/mol. The molecule has 0 aliphatic rings. The first-order valence-electron chi connectivity index (χ1n) is 3.25. The second-order valence-corrected chi connectivity index (χ2v) is 3.61. The van der Waals surface area contributed by atoms with Crippen molar-refractivity contribution in [3.63, 3.8) is 0 Å². The minimum Gasteiger partial charge on any atom is -0.237 e. The molecule has 0 saturated heterocycles.